The molecule has 1 aromatic rings. The number of urea groups is 1. The van der Waals surface area contributed by atoms with Crippen LogP contribution in [0.15, 0.2) is 6.07 Å². The highest BCUT2D eigenvalue weighted by atomic mass is 16.4. The van der Waals surface area contributed by atoms with Gasteiger partial charge in [-0.25, -0.2) is 9.59 Å². The van der Waals surface area contributed by atoms with Crippen molar-refractivity contribution in [2.75, 3.05) is 25.0 Å². The number of anilines is 1. The number of aromatic carboxylic acids is 1. The topological polar surface area (TPSA) is 115 Å². The van der Waals surface area contributed by atoms with Crippen LogP contribution in [0.25, 0.3) is 0 Å². The van der Waals surface area contributed by atoms with Gasteiger partial charge in [-0.3, -0.25) is 4.79 Å². The number of aromatic amines is 1. The average molecular weight is 280 g/mol. The molecule has 1 aliphatic rings. The molecule has 1 fully saturated rings. The van der Waals surface area contributed by atoms with E-state index in [1.54, 1.807) is 13.0 Å². The molecule has 20 heavy (non-hydrogen) atoms. The number of hydrogen-bond donors (Lipinski definition) is 4. The molecule has 0 spiro atoms. The predicted octanol–water partition coefficient (Wildman–Crippen LogP) is 0.375. The fourth-order valence-electron chi connectivity index (χ4n) is 2.02. The summed E-state index contributed by atoms with van der Waals surface area (Å²) in [5.41, 5.74) is 0.814. The Morgan fingerprint density at radius 2 is 2.15 bits per heavy atom. The molecule has 0 unspecified atom stereocenters. The molecule has 3 amide bonds. The fraction of sp³-hybridized carbons (Fsp3) is 0.417. The largest absolute Gasteiger partial charge is 0.477 e. The van der Waals surface area contributed by atoms with E-state index in [1.165, 1.54) is 4.90 Å². The van der Waals surface area contributed by atoms with Crippen LogP contribution in [0.4, 0.5) is 10.5 Å². The molecule has 2 rings (SSSR count). The highest BCUT2D eigenvalue weighted by molar-refractivity contribution is 5.99. The van der Waals surface area contributed by atoms with Gasteiger partial charge in [0.1, 0.15) is 5.69 Å². The number of H-pyrrole nitrogens is 1. The summed E-state index contributed by atoms with van der Waals surface area (Å²) >= 11 is 0. The number of hydrogen-bond acceptors (Lipinski definition) is 3. The van der Waals surface area contributed by atoms with Gasteiger partial charge in [-0.2, -0.15) is 0 Å². The lowest BCUT2D eigenvalue weighted by molar-refractivity contribution is -0.120. The summed E-state index contributed by atoms with van der Waals surface area (Å²) in [6.07, 6.45) is 0.241. The Hall–Kier alpha value is -2.51. The lowest BCUT2D eigenvalue weighted by Gasteiger charge is -2.19. The summed E-state index contributed by atoms with van der Waals surface area (Å²) in [5.74, 6) is -1.23. The molecule has 0 aromatic carbocycles. The second-order valence-corrected chi connectivity index (χ2v) is 4.56. The third-order valence-corrected chi connectivity index (χ3v) is 3.01. The molecule has 0 aliphatic carbocycles. The molecule has 0 saturated carbocycles. The molecule has 108 valence electrons. The van der Waals surface area contributed by atoms with Gasteiger partial charge >= 0.3 is 12.0 Å². The van der Waals surface area contributed by atoms with E-state index in [-0.39, 0.29) is 23.7 Å². The maximum absolute atomic E-state index is 12.1. The lowest BCUT2D eigenvalue weighted by atomic mass is 10.3. The highest BCUT2D eigenvalue weighted by Gasteiger charge is 2.21. The normalized spacial score (nSPS) is 15.4. The lowest BCUT2D eigenvalue weighted by Crippen LogP contribution is -2.37. The minimum absolute atomic E-state index is 0.0557. The van der Waals surface area contributed by atoms with E-state index in [4.69, 9.17) is 5.11 Å². The summed E-state index contributed by atoms with van der Waals surface area (Å²) < 4.78 is 0. The third kappa shape index (κ3) is 3.08. The standard InChI is InChI=1S/C12H16N4O4/c1-7-6-8(10(14-7)11(18)19)15-12(20)16-4-2-9(17)13-3-5-16/h6,14H,2-5H2,1H3,(H,13,17)(H,15,20)(H,18,19). The van der Waals surface area contributed by atoms with Crippen LogP contribution >= 0.6 is 0 Å². The minimum atomic E-state index is -1.14. The quantitative estimate of drug-likeness (QED) is 0.626. The van der Waals surface area contributed by atoms with Crippen LogP contribution in [-0.4, -0.2) is 52.5 Å². The van der Waals surface area contributed by atoms with Crippen LogP contribution < -0.4 is 10.6 Å². The van der Waals surface area contributed by atoms with Crippen molar-refractivity contribution in [3.63, 3.8) is 0 Å². The Morgan fingerprint density at radius 1 is 1.40 bits per heavy atom. The zero-order valence-electron chi connectivity index (χ0n) is 11.0. The summed E-state index contributed by atoms with van der Waals surface area (Å²) in [6.45, 7) is 2.80. The van der Waals surface area contributed by atoms with Crippen molar-refractivity contribution in [1.29, 1.82) is 0 Å². The summed E-state index contributed by atoms with van der Waals surface area (Å²) in [7, 11) is 0. The van der Waals surface area contributed by atoms with Crippen LogP contribution in [0.3, 0.4) is 0 Å². The Labute approximate surface area is 115 Å². The minimum Gasteiger partial charge on any atom is -0.477 e. The number of amides is 3. The van der Waals surface area contributed by atoms with Crippen molar-refractivity contribution >= 4 is 23.6 Å². The van der Waals surface area contributed by atoms with Gasteiger partial charge in [-0.05, 0) is 13.0 Å². The zero-order chi connectivity index (χ0) is 14.7. The molecule has 4 N–H and O–H groups in total. The first-order chi connectivity index (χ1) is 9.47. The summed E-state index contributed by atoms with van der Waals surface area (Å²) in [4.78, 5) is 38.5. The molecule has 8 nitrogen and oxygen atoms in total. The smallest absolute Gasteiger partial charge is 0.354 e. The van der Waals surface area contributed by atoms with Gasteiger partial charge in [0.05, 0.1) is 5.69 Å². The van der Waals surface area contributed by atoms with Gasteiger partial charge in [-0.1, -0.05) is 0 Å². The number of aryl methyl sites for hydroxylation is 1. The van der Waals surface area contributed by atoms with Gasteiger partial charge < -0.3 is 25.6 Å². The number of rotatable bonds is 2. The molecule has 0 atom stereocenters. The SMILES string of the molecule is Cc1cc(NC(=O)N2CCNC(=O)CC2)c(C(=O)O)[nH]1. The second kappa shape index (κ2) is 5.64. The molecule has 1 aliphatic heterocycles. The molecule has 1 aromatic heterocycles. The average Bonchev–Trinajstić information content (AvgIpc) is 2.60. The molecular formula is C12H16N4O4. The molecule has 0 radical (unpaired) electrons. The van der Waals surface area contributed by atoms with Crippen LogP contribution in [0.5, 0.6) is 0 Å². The molecule has 0 bridgehead atoms. The van der Waals surface area contributed by atoms with E-state index in [2.05, 4.69) is 15.6 Å². The first-order valence-electron chi connectivity index (χ1n) is 6.23. The molecule has 2 heterocycles. The van der Waals surface area contributed by atoms with Crippen LogP contribution in [0.1, 0.15) is 22.6 Å². The van der Waals surface area contributed by atoms with Gasteiger partial charge in [0.2, 0.25) is 5.91 Å². The van der Waals surface area contributed by atoms with Crippen LogP contribution in [0.2, 0.25) is 0 Å². The van der Waals surface area contributed by atoms with Gasteiger partial charge in [0.25, 0.3) is 0 Å². The van der Waals surface area contributed by atoms with E-state index in [9.17, 15) is 14.4 Å². The Morgan fingerprint density at radius 3 is 2.85 bits per heavy atom. The van der Waals surface area contributed by atoms with Crippen molar-refractivity contribution in [3.8, 4) is 0 Å². The fourth-order valence-corrected chi connectivity index (χ4v) is 2.02. The Balaban J connectivity index is 2.07. The first-order valence-corrected chi connectivity index (χ1v) is 6.23. The van der Waals surface area contributed by atoms with E-state index >= 15 is 0 Å². The van der Waals surface area contributed by atoms with E-state index in [0.29, 0.717) is 25.3 Å². The van der Waals surface area contributed by atoms with Crippen molar-refractivity contribution in [2.24, 2.45) is 0 Å². The number of nitrogens with zero attached hydrogens (tertiary/aromatic N) is 1. The molecule has 8 heteroatoms. The Kier molecular flexibility index (Phi) is 3.92. The monoisotopic (exact) mass is 280 g/mol. The van der Waals surface area contributed by atoms with Crippen molar-refractivity contribution in [3.05, 3.63) is 17.5 Å². The highest BCUT2D eigenvalue weighted by Crippen LogP contribution is 2.17. The Bertz CT molecular complexity index is 552. The van der Waals surface area contributed by atoms with Crippen LogP contribution in [-0.2, 0) is 4.79 Å². The molecule has 1 saturated heterocycles. The zero-order valence-corrected chi connectivity index (χ0v) is 11.0. The van der Waals surface area contributed by atoms with Gasteiger partial charge in [0.15, 0.2) is 0 Å². The number of nitrogens with one attached hydrogen (secondary N) is 3. The summed E-state index contributed by atoms with van der Waals surface area (Å²) in [5, 5.41) is 14.3. The second-order valence-electron chi connectivity index (χ2n) is 4.56. The predicted molar refractivity (Wildman–Crippen MR) is 70.7 cm³/mol. The number of carbonyl (C=O) groups excluding carboxylic acids is 2. The van der Waals surface area contributed by atoms with Gasteiger partial charge in [-0.15, -0.1) is 0 Å². The number of carboxylic acid groups (broad SMARTS) is 1. The van der Waals surface area contributed by atoms with Crippen molar-refractivity contribution < 1.29 is 19.5 Å². The molecular weight excluding hydrogens is 264 g/mol. The number of carbonyl (C=O) groups is 3. The first kappa shape index (κ1) is 13.9. The van der Waals surface area contributed by atoms with Crippen molar-refractivity contribution in [1.82, 2.24) is 15.2 Å². The van der Waals surface area contributed by atoms with E-state index < -0.39 is 12.0 Å². The van der Waals surface area contributed by atoms with E-state index in [1.807, 2.05) is 0 Å². The van der Waals surface area contributed by atoms with E-state index in [0.717, 1.165) is 0 Å². The summed E-state index contributed by atoms with van der Waals surface area (Å²) in [6, 6.07) is 1.14. The maximum Gasteiger partial charge on any atom is 0.354 e. The van der Waals surface area contributed by atoms with Crippen molar-refractivity contribution in [2.45, 2.75) is 13.3 Å². The third-order valence-electron chi connectivity index (χ3n) is 3.01. The van der Waals surface area contributed by atoms with Crippen LogP contribution in [0, 0.1) is 6.92 Å². The number of carboxylic acids is 1. The number of aromatic nitrogens is 1. The maximum atomic E-state index is 12.1. The van der Waals surface area contributed by atoms with Gasteiger partial charge in [0, 0.05) is 31.7 Å².